The molecule has 0 aliphatic rings. The van der Waals surface area contributed by atoms with Gasteiger partial charge in [0.2, 0.25) is 0 Å². The number of carbonyl (C=O) groups is 2. The molecule has 0 atom stereocenters. The van der Waals surface area contributed by atoms with Gasteiger partial charge < -0.3 is 14.4 Å². The maximum atomic E-state index is 11.7. The average Bonchev–Trinajstić information content (AvgIpc) is 2.43. The summed E-state index contributed by atoms with van der Waals surface area (Å²) in [7, 11) is 3.06. The molecular weight excluding hydrogens is 288 g/mol. The number of methoxy groups -OCH3 is 1. The molecule has 22 heavy (non-hydrogen) atoms. The number of amides is 1. The first-order valence-corrected chi connectivity index (χ1v) is 6.85. The highest BCUT2D eigenvalue weighted by Crippen LogP contribution is 2.21. The van der Waals surface area contributed by atoms with E-state index in [1.54, 1.807) is 38.8 Å². The predicted octanol–water partition coefficient (Wildman–Crippen LogP) is 2.07. The molecule has 1 rings (SSSR count). The molecule has 0 unspecified atom stereocenters. The maximum Gasteiger partial charge on any atom is 0.413 e. The zero-order valence-electron chi connectivity index (χ0n) is 13.8. The van der Waals surface area contributed by atoms with E-state index in [2.05, 4.69) is 20.3 Å². The van der Waals surface area contributed by atoms with Gasteiger partial charge in [0, 0.05) is 19.7 Å². The number of anilines is 2. The van der Waals surface area contributed by atoms with Gasteiger partial charge in [-0.05, 0) is 27.7 Å². The molecular formula is C14H22N4O4. The number of carbonyl (C=O) groups excluding carboxylic acids is 2. The fraction of sp³-hybridized carbons (Fsp3) is 0.571. The number of nitrogens with one attached hydrogen (secondary N) is 1. The molecule has 1 N–H and O–H groups in total. The smallest absolute Gasteiger partial charge is 0.413 e. The molecule has 0 spiro atoms. The zero-order valence-corrected chi connectivity index (χ0v) is 13.8. The normalized spacial score (nSPS) is 10.8. The topological polar surface area (TPSA) is 93.7 Å². The SMILES string of the molecule is CCN(C)c1cc(NC(=O)OC(C)(C)C)nnc1C(=O)OC. The summed E-state index contributed by atoms with van der Waals surface area (Å²) in [5, 5.41) is 10.1. The van der Waals surface area contributed by atoms with Gasteiger partial charge in [0.05, 0.1) is 12.8 Å². The van der Waals surface area contributed by atoms with Crippen molar-refractivity contribution >= 4 is 23.6 Å². The van der Waals surface area contributed by atoms with Crippen molar-refractivity contribution in [3.63, 3.8) is 0 Å². The third-order valence-corrected chi connectivity index (χ3v) is 2.67. The molecule has 1 aromatic heterocycles. The third kappa shape index (κ3) is 4.87. The number of aromatic nitrogens is 2. The van der Waals surface area contributed by atoms with E-state index in [-0.39, 0.29) is 11.5 Å². The van der Waals surface area contributed by atoms with Crippen LogP contribution in [0.3, 0.4) is 0 Å². The largest absolute Gasteiger partial charge is 0.464 e. The summed E-state index contributed by atoms with van der Waals surface area (Å²) in [6, 6.07) is 1.55. The molecule has 0 bridgehead atoms. The van der Waals surface area contributed by atoms with Crippen molar-refractivity contribution in [3.05, 3.63) is 11.8 Å². The number of esters is 1. The first-order chi connectivity index (χ1) is 10.2. The molecule has 1 aromatic rings. The lowest BCUT2D eigenvalue weighted by atomic mass is 10.2. The average molecular weight is 310 g/mol. The van der Waals surface area contributed by atoms with E-state index >= 15 is 0 Å². The molecule has 122 valence electrons. The molecule has 0 fully saturated rings. The Kier molecular flexibility index (Phi) is 5.67. The monoisotopic (exact) mass is 310 g/mol. The standard InChI is InChI=1S/C14H22N4O4/c1-7-18(5)9-8-10(15-13(20)22-14(2,3)4)16-17-11(9)12(19)21-6/h8H,7H2,1-6H3,(H,15,16,20). The number of hydrogen-bond acceptors (Lipinski definition) is 7. The van der Waals surface area contributed by atoms with Crippen LogP contribution >= 0.6 is 0 Å². The van der Waals surface area contributed by atoms with E-state index in [0.29, 0.717) is 12.2 Å². The van der Waals surface area contributed by atoms with Crippen molar-refractivity contribution in [1.82, 2.24) is 10.2 Å². The fourth-order valence-electron chi connectivity index (χ4n) is 1.55. The Hall–Kier alpha value is -2.38. The van der Waals surface area contributed by atoms with Gasteiger partial charge in [-0.3, -0.25) is 5.32 Å². The minimum Gasteiger partial charge on any atom is -0.464 e. The van der Waals surface area contributed by atoms with Gasteiger partial charge in [-0.15, -0.1) is 10.2 Å². The van der Waals surface area contributed by atoms with Crippen LogP contribution in [0, 0.1) is 0 Å². The van der Waals surface area contributed by atoms with Crippen LogP contribution < -0.4 is 10.2 Å². The summed E-state index contributed by atoms with van der Waals surface area (Å²) >= 11 is 0. The van der Waals surface area contributed by atoms with Gasteiger partial charge in [0.25, 0.3) is 0 Å². The molecule has 0 saturated heterocycles. The molecule has 8 heteroatoms. The number of ether oxygens (including phenoxy) is 2. The summed E-state index contributed by atoms with van der Waals surface area (Å²) in [4.78, 5) is 25.3. The lowest BCUT2D eigenvalue weighted by molar-refractivity contribution is 0.0592. The Morgan fingerprint density at radius 3 is 2.45 bits per heavy atom. The summed E-state index contributed by atoms with van der Waals surface area (Å²) in [6.45, 7) is 7.84. The van der Waals surface area contributed by atoms with Crippen LogP contribution in [0.4, 0.5) is 16.3 Å². The first-order valence-electron chi connectivity index (χ1n) is 6.85. The van der Waals surface area contributed by atoms with E-state index < -0.39 is 17.7 Å². The van der Waals surface area contributed by atoms with Gasteiger partial charge in [-0.2, -0.15) is 0 Å². The van der Waals surface area contributed by atoms with Crippen molar-refractivity contribution in [2.75, 3.05) is 30.9 Å². The van der Waals surface area contributed by atoms with Crippen LogP contribution in [0.25, 0.3) is 0 Å². The Labute approximate surface area is 129 Å². The highest BCUT2D eigenvalue weighted by atomic mass is 16.6. The lowest BCUT2D eigenvalue weighted by Crippen LogP contribution is -2.28. The molecule has 0 aromatic carbocycles. The van der Waals surface area contributed by atoms with Crippen LogP contribution in [-0.2, 0) is 9.47 Å². The van der Waals surface area contributed by atoms with E-state index in [0.717, 1.165) is 0 Å². The Morgan fingerprint density at radius 1 is 1.32 bits per heavy atom. The van der Waals surface area contributed by atoms with E-state index in [1.807, 2.05) is 6.92 Å². The number of nitrogens with zero attached hydrogens (tertiary/aromatic N) is 3. The molecule has 1 amide bonds. The minimum atomic E-state index is -0.641. The lowest BCUT2D eigenvalue weighted by Gasteiger charge is -2.21. The van der Waals surface area contributed by atoms with Crippen molar-refractivity contribution in [3.8, 4) is 0 Å². The van der Waals surface area contributed by atoms with Crippen LogP contribution in [0.15, 0.2) is 6.07 Å². The van der Waals surface area contributed by atoms with Crippen molar-refractivity contribution < 1.29 is 19.1 Å². The van der Waals surface area contributed by atoms with Crippen LogP contribution in [-0.4, -0.2) is 48.6 Å². The van der Waals surface area contributed by atoms with Gasteiger partial charge in [-0.1, -0.05) is 0 Å². The van der Waals surface area contributed by atoms with E-state index in [4.69, 9.17) is 4.74 Å². The molecule has 1 heterocycles. The summed E-state index contributed by atoms with van der Waals surface area (Å²) < 4.78 is 9.82. The summed E-state index contributed by atoms with van der Waals surface area (Å²) in [6.07, 6.45) is -0.641. The first kappa shape index (κ1) is 17.7. The highest BCUT2D eigenvalue weighted by Gasteiger charge is 2.20. The highest BCUT2D eigenvalue weighted by molar-refractivity contribution is 5.94. The zero-order chi connectivity index (χ0) is 16.9. The summed E-state index contributed by atoms with van der Waals surface area (Å²) in [5.41, 5.74) is -0.0241. The number of rotatable bonds is 4. The van der Waals surface area contributed by atoms with Gasteiger partial charge in [0.1, 0.15) is 5.60 Å². The van der Waals surface area contributed by atoms with Crippen LogP contribution in [0.5, 0.6) is 0 Å². The van der Waals surface area contributed by atoms with Crippen molar-refractivity contribution in [2.24, 2.45) is 0 Å². The van der Waals surface area contributed by atoms with Crippen LogP contribution in [0.2, 0.25) is 0 Å². The quantitative estimate of drug-likeness (QED) is 0.851. The second-order valence-electron chi connectivity index (χ2n) is 5.60. The Bertz CT molecular complexity index is 554. The van der Waals surface area contributed by atoms with Crippen molar-refractivity contribution in [1.29, 1.82) is 0 Å². The maximum absolute atomic E-state index is 11.7. The van der Waals surface area contributed by atoms with Crippen molar-refractivity contribution in [2.45, 2.75) is 33.3 Å². The predicted molar refractivity (Wildman–Crippen MR) is 82.2 cm³/mol. The molecule has 0 aliphatic heterocycles. The molecule has 0 aliphatic carbocycles. The molecule has 0 saturated carbocycles. The van der Waals surface area contributed by atoms with Crippen LogP contribution in [0.1, 0.15) is 38.2 Å². The molecule has 0 radical (unpaired) electrons. The van der Waals surface area contributed by atoms with Gasteiger partial charge in [-0.25, -0.2) is 9.59 Å². The Balaban J connectivity index is 3.04. The van der Waals surface area contributed by atoms with E-state index in [9.17, 15) is 9.59 Å². The van der Waals surface area contributed by atoms with Gasteiger partial charge in [0.15, 0.2) is 11.5 Å². The third-order valence-electron chi connectivity index (χ3n) is 2.67. The fourth-order valence-corrected chi connectivity index (χ4v) is 1.55. The van der Waals surface area contributed by atoms with Gasteiger partial charge >= 0.3 is 12.1 Å². The molecule has 8 nitrogen and oxygen atoms in total. The number of hydrogen-bond donors (Lipinski definition) is 1. The summed E-state index contributed by atoms with van der Waals surface area (Å²) in [5.74, 6) is -0.399. The second-order valence-corrected chi connectivity index (χ2v) is 5.60. The second kappa shape index (κ2) is 7.06. The van der Waals surface area contributed by atoms with E-state index in [1.165, 1.54) is 7.11 Å². The Morgan fingerprint density at radius 2 is 1.95 bits per heavy atom. The minimum absolute atomic E-state index is 0.0848.